The van der Waals surface area contributed by atoms with Crippen LogP contribution in [0.3, 0.4) is 0 Å². The van der Waals surface area contributed by atoms with Crippen molar-refractivity contribution in [2.45, 2.75) is 64.7 Å². The van der Waals surface area contributed by atoms with Gasteiger partial charge in [-0.15, -0.1) is 0 Å². The Morgan fingerprint density at radius 1 is 0.846 bits per heavy atom. The molecule has 0 aliphatic rings. The summed E-state index contributed by atoms with van der Waals surface area (Å²) in [5, 5.41) is 0. The first-order valence-corrected chi connectivity index (χ1v) is 6.91. The van der Waals surface area contributed by atoms with Gasteiger partial charge in [-0.2, -0.15) is 0 Å². The van der Waals surface area contributed by atoms with Crippen LogP contribution < -0.4 is 0 Å². The number of hydrogen-bond donors (Lipinski definition) is 0. The topological polar surface area (TPSA) is 0 Å². The first kappa shape index (κ1) is 13.5. The maximum atomic E-state index is 2.29. The van der Waals surface area contributed by atoms with Crippen LogP contribution in [0.4, 0.5) is 0 Å². The molecule has 0 saturated carbocycles. The van der Waals surface area contributed by atoms with Crippen LogP contribution >= 0.6 is 22.6 Å². The summed E-state index contributed by atoms with van der Waals surface area (Å²) in [7, 11) is 0. The fourth-order valence-electron chi connectivity index (χ4n) is 1.46. The van der Waals surface area contributed by atoms with Gasteiger partial charge in [-0.3, -0.25) is 0 Å². The van der Waals surface area contributed by atoms with Gasteiger partial charge >= 0.3 is 0 Å². The van der Waals surface area contributed by atoms with Crippen LogP contribution in [0.2, 0.25) is 0 Å². The van der Waals surface area contributed by atoms with Crippen LogP contribution in [-0.4, -0.2) is 0 Å². The molecule has 0 nitrogen and oxygen atoms in total. The average molecular weight is 294 g/mol. The molecule has 0 amide bonds. The summed E-state index contributed by atoms with van der Waals surface area (Å²) in [6.45, 7) is 2.27. The van der Waals surface area contributed by atoms with Gasteiger partial charge in [0.1, 0.15) is 0 Å². The molecule has 0 aromatic rings. The molecule has 0 bridgehead atoms. The van der Waals surface area contributed by atoms with E-state index in [-0.39, 0.29) is 0 Å². The maximum Gasteiger partial charge on any atom is -0.0274 e. The van der Waals surface area contributed by atoms with E-state index in [1.807, 2.05) is 0 Å². The quantitative estimate of drug-likeness (QED) is 0.391. The zero-order valence-corrected chi connectivity index (χ0v) is 11.1. The molecule has 0 heterocycles. The molecule has 1 heteroatoms. The van der Waals surface area contributed by atoms with Crippen molar-refractivity contribution in [1.29, 1.82) is 0 Å². The van der Waals surface area contributed by atoms with Gasteiger partial charge in [0.2, 0.25) is 0 Å². The second kappa shape index (κ2) is 12.5. The molecule has 0 aromatic carbocycles. The zero-order chi connectivity index (χ0) is 9.78. The molecule has 78 valence electrons. The molecule has 0 spiro atoms. The molecule has 0 unspecified atom stereocenters. The zero-order valence-electron chi connectivity index (χ0n) is 8.90. The van der Waals surface area contributed by atoms with Gasteiger partial charge in [0.25, 0.3) is 0 Å². The van der Waals surface area contributed by atoms with Gasteiger partial charge in [-0.25, -0.2) is 0 Å². The van der Waals surface area contributed by atoms with Crippen molar-refractivity contribution in [2.75, 3.05) is 0 Å². The highest BCUT2D eigenvalue weighted by atomic mass is 127. The highest BCUT2D eigenvalue weighted by Gasteiger charge is 1.89. The maximum absolute atomic E-state index is 2.29. The van der Waals surface area contributed by atoms with E-state index >= 15 is 0 Å². The van der Waals surface area contributed by atoms with Crippen molar-refractivity contribution < 1.29 is 0 Å². The Hall–Kier alpha value is 0.470. The third-order valence-electron chi connectivity index (χ3n) is 2.31. The predicted octanol–water partition coefficient (Wildman–Crippen LogP) is 5.47. The molecule has 13 heavy (non-hydrogen) atoms. The fraction of sp³-hybridized carbons (Fsp3) is 0.833. The van der Waals surface area contributed by atoms with E-state index in [1.165, 1.54) is 57.8 Å². The van der Waals surface area contributed by atoms with Crippen LogP contribution in [0, 0.1) is 0 Å². The first-order chi connectivity index (χ1) is 6.41. The van der Waals surface area contributed by atoms with Crippen molar-refractivity contribution in [1.82, 2.24) is 0 Å². The highest BCUT2D eigenvalue weighted by Crippen LogP contribution is 2.09. The van der Waals surface area contributed by atoms with Crippen molar-refractivity contribution in [3.05, 3.63) is 10.2 Å². The Morgan fingerprint density at radius 2 is 1.38 bits per heavy atom. The lowest BCUT2D eigenvalue weighted by molar-refractivity contribution is 0.578. The van der Waals surface area contributed by atoms with Crippen molar-refractivity contribution in [2.24, 2.45) is 0 Å². The normalized spacial score (nSPS) is 11.2. The lowest BCUT2D eigenvalue weighted by atomic mass is 10.1. The molecule has 0 radical (unpaired) electrons. The number of rotatable bonds is 9. The molecule has 0 aromatic heterocycles. The average Bonchev–Trinajstić information content (AvgIpc) is 2.16. The molecular weight excluding hydrogens is 271 g/mol. The lowest BCUT2D eigenvalue weighted by Crippen LogP contribution is -1.79. The molecule has 0 N–H and O–H groups in total. The minimum Gasteiger partial charge on any atom is -0.0785 e. The second-order valence-corrected chi connectivity index (χ2v) is 4.34. The number of halogens is 1. The smallest absolute Gasteiger partial charge is 0.0274 e. The Labute approximate surface area is 97.3 Å². The second-order valence-electron chi connectivity index (χ2n) is 3.63. The summed E-state index contributed by atoms with van der Waals surface area (Å²) >= 11 is 2.29. The highest BCUT2D eigenvalue weighted by molar-refractivity contribution is 14.1. The Balaban J connectivity index is 2.83. The van der Waals surface area contributed by atoms with Gasteiger partial charge < -0.3 is 0 Å². The van der Waals surface area contributed by atoms with Gasteiger partial charge in [-0.1, -0.05) is 80.5 Å². The van der Waals surface area contributed by atoms with Gasteiger partial charge in [0.15, 0.2) is 0 Å². The first-order valence-electron chi connectivity index (χ1n) is 5.67. The Bertz CT molecular complexity index is 108. The van der Waals surface area contributed by atoms with Crippen LogP contribution in [0.1, 0.15) is 64.7 Å². The third kappa shape index (κ3) is 12.5. The lowest BCUT2D eigenvalue weighted by Gasteiger charge is -1.99. The molecular formula is C12H23I. The van der Waals surface area contributed by atoms with E-state index in [0.29, 0.717) is 0 Å². The Morgan fingerprint density at radius 3 is 1.92 bits per heavy atom. The van der Waals surface area contributed by atoms with Crippen LogP contribution in [0.25, 0.3) is 0 Å². The summed E-state index contributed by atoms with van der Waals surface area (Å²) < 4.78 is 2.12. The van der Waals surface area contributed by atoms with E-state index in [4.69, 9.17) is 0 Å². The van der Waals surface area contributed by atoms with Crippen LogP contribution in [-0.2, 0) is 0 Å². The van der Waals surface area contributed by atoms with Crippen LogP contribution in [0.5, 0.6) is 0 Å². The van der Waals surface area contributed by atoms with E-state index < -0.39 is 0 Å². The summed E-state index contributed by atoms with van der Waals surface area (Å²) in [4.78, 5) is 0. The number of hydrogen-bond acceptors (Lipinski definition) is 0. The third-order valence-corrected chi connectivity index (χ3v) is 2.82. The van der Waals surface area contributed by atoms with Gasteiger partial charge in [0.05, 0.1) is 0 Å². The number of unbranched alkanes of at least 4 members (excludes halogenated alkanes) is 8. The summed E-state index contributed by atoms with van der Waals surface area (Å²) in [6.07, 6.45) is 14.9. The largest absolute Gasteiger partial charge is 0.0785 e. The van der Waals surface area contributed by atoms with Crippen LogP contribution in [0.15, 0.2) is 10.2 Å². The molecule has 0 atom stereocenters. The fourth-order valence-corrected chi connectivity index (χ4v) is 1.82. The summed E-state index contributed by atoms with van der Waals surface area (Å²) in [6, 6.07) is 0. The minimum atomic E-state index is 1.28. The minimum absolute atomic E-state index is 1.28. The summed E-state index contributed by atoms with van der Waals surface area (Å²) in [5.74, 6) is 0. The van der Waals surface area contributed by atoms with E-state index in [0.717, 1.165) is 0 Å². The predicted molar refractivity (Wildman–Crippen MR) is 70.4 cm³/mol. The van der Waals surface area contributed by atoms with E-state index in [1.54, 1.807) is 0 Å². The van der Waals surface area contributed by atoms with Crippen molar-refractivity contribution in [3.8, 4) is 0 Å². The van der Waals surface area contributed by atoms with Gasteiger partial charge in [-0.05, 0) is 16.9 Å². The molecule has 0 aliphatic heterocycles. The molecule has 0 rings (SSSR count). The molecule has 0 fully saturated rings. The van der Waals surface area contributed by atoms with Gasteiger partial charge in [0, 0.05) is 0 Å². The van der Waals surface area contributed by atoms with Crippen molar-refractivity contribution >= 4 is 22.6 Å². The SMILES string of the molecule is CCCCCCCCCC/C=C\I. The Kier molecular flexibility index (Phi) is 12.9. The van der Waals surface area contributed by atoms with E-state index in [9.17, 15) is 0 Å². The molecule has 0 saturated heterocycles. The number of allylic oxidation sites excluding steroid dienone is 1. The standard InChI is InChI=1S/C12H23I/c1-2-3-4-5-6-7-8-9-10-11-12-13/h11-12H,2-10H2,1H3/b12-11-. The molecule has 0 aliphatic carbocycles. The van der Waals surface area contributed by atoms with E-state index in [2.05, 4.69) is 39.7 Å². The monoisotopic (exact) mass is 294 g/mol. The van der Waals surface area contributed by atoms with Crippen molar-refractivity contribution in [3.63, 3.8) is 0 Å². The summed E-state index contributed by atoms with van der Waals surface area (Å²) in [5.41, 5.74) is 0.